The highest BCUT2D eigenvalue weighted by Crippen LogP contribution is 2.69. The number of hydrogen-bond acceptors (Lipinski definition) is 1. The summed E-state index contributed by atoms with van der Waals surface area (Å²) < 4.78 is 88.0. The van der Waals surface area contributed by atoms with Crippen molar-refractivity contribution in [2.75, 3.05) is 0 Å². The average molecular weight is 306 g/mol. The Bertz CT molecular complexity index is 405. The van der Waals surface area contributed by atoms with Crippen LogP contribution in [0.25, 0.3) is 0 Å². The minimum atomic E-state index is -8.95. The Morgan fingerprint density at radius 1 is 1.11 bits per heavy atom. The SMILES string of the molecule is CCCC(F)(C(O)=S(F)(F)(F)F)C(F)(F)C(=O)O. The van der Waals surface area contributed by atoms with Gasteiger partial charge in [0, 0.05) is 0 Å². The number of carboxylic acids is 1. The Kier molecular flexibility index (Phi) is 4.16. The van der Waals surface area contributed by atoms with E-state index in [1.54, 1.807) is 0 Å². The van der Waals surface area contributed by atoms with Gasteiger partial charge < -0.3 is 10.2 Å². The first kappa shape index (κ1) is 17.2. The predicted octanol–water partition coefficient (Wildman–Crippen LogP) is 3.78. The maximum atomic E-state index is 13.6. The molecule has 0 spiro atoms. The van der Waals surface area contributed by atoms with Gasteiger partial charge in [0.25, 0.3) is 0 Å². The normalized spacial score (nSPS) is 18.6. The van der Waals surface area contributed by atoms with Crippen LogP contribution in [-0.2, 0) is 4.79 Å². The minimum absolute atomic E-state index is 0.674. The number of aliphatic hydroxyl groups excluding tert-OH is 1. The molecule has 0 fully saturated rings. The third kappa shape index (κ3) is 2.94. The Hall–Kier alpha value is -0.840. The van der Waals surface area contributed by atoms with E-state index in [4.69, 9.17) is 10.2 Å². The van der Waals surface area contributed by atoms with E-state index in [-0.39, 0.29) is 0 Å². The summed E-state index contributed by atoms with van der Waals surface area (Å²) in [6, 6.07) is 0. The first-order chi connectivity index (χ1) is 7.67. The van der Waals surface area contributed by atoms with Crippen molar-refractivity contribution < 1.29 is 43.7 Å². The molecule has 0 amide bonds. The third-order valence-corrected chi connectivity index (χ3v) is 2.90. The predicted molar refractivity (Wildman–Crippen MR) is 51.0 cm³/mol. The summed E-state index contributed by atoms with van der Waals surface area (Å²) in [5.74, 6) is -8.84. The highest BCUT2D eigenvalue weighted by Gasteiger charge is 2.67. The molecule has 0 bridgehead atoms. The third-order valence-electron chi connectivity index (χ3n) is 1.99. The molecule has 0 saturated heterocycles. The smallest absolute Gasteiger partial charge is 0.382 e. The summed E-state index contributed by atoms with van der Waals surface area (Å²) >= 11 is 0. The lowest BCUT2D eigenvalue weighted by Gasteiger charge is -2.32. The van der Waals surface area contributed by atoms with Crippen LogP contribution in [0.1, 0.15) is 19.8 Å². The van der Waals surface area contributed by atoms with Crippen molar-refractivity contribution in [3.8, 4) is 0 Å². The molecular weight excluding hydrogens is 297 g/mol. The molecule has 2 N–H and O–H groups in total. The van der Waals surface area contributed by atoms with Gasteiger partial charge in [-0.25, -0.2) is 9.18 Å². The fourth-order valence-electron chi connectivity index (χ4n) is 1.16. The monoisotopic (exact) mass is 306 g/mol. The molecule has 110 valence electrons. The number of hydrogen-bond donors (Lipinski definition) is 2. The van der Waals surface area contributed by atoms with Crippen LogP contribution in [0.15, 0.2) is 0 Å². The molecule has 0 radical (unpaired) electrons. The van der Waals surface area contributed by atoms with Gasteiger partial charge in [-0.05, 0) is 6.42 Å². The van der Waals surface area contributed by atoms with Crippen molar-refractivity contribution in [2.45, 2.75) is 31.4 Å². The van der Waals surface area contributed by atoms with Gasteiger partial charge >= 0.3 is 22.2 Å². The second-order valence-electron chi connectivity index (χ2n) is 3.39. The van der Waals surface area contributed by atoms with Crippen LogP contribution < -0.4 is 0 Å². The van der Waals surface area contributed by atoms with E-state index in [1.165, 1.54) is 0 Å². The molecule has 0 aromatic carbocycles. The summed E-state index contributed by atoms with van der Waals surface area (Å²) in [5, 5.41) is 12.7. The van der Waals surface area contributed by atoms with Crippen LogP contribution in [-0.4, -0.2) is 32.8 Å². The van der Waals surface area contributed by atoms with Gasteiger partial charge in [-0.2, -0.15) is 8.78 Å². The summed E-state index contributed by atoms with van der Waals surface area (Å²) in [5.41, 5.74) is -5.04. The molecule has 0 aromatic heterocycles. The zero-order chi connectivity index (χ0) is 15.0. The molecule has 0 aromatic rings. The summed E-state index contributed by atoms with van der Waals surface area (Å²) in [7, 11) is -8.95. The van der Waals surface area contributed by atoms with Gasteiger partial charge in [0.1, 0.15) is 0 Å². The molecule has 0 saturated carbocycles. The van der Waals surface area contributed by atoms with Crippen LogP contribution in [0.3, 0.4) is 0 Å². The second-order valence-corrected chi connectivity index (χ2v) is 5.10. The van der Waals surface area contributed by atoms with Gasteiger partial charge in [-0.1, -0.05) is 13.3 Å². The first-order valence-corrected chi connectivity index (χ1v) is 5.99. The molecule has 0 aliphatic carbocycles. The quantitative estimate of drug-likeness (QED) is 0.600. The van der Waals surface area contributed by atoms with Crippen molar-refractivity contribution >= 4 is 21.3 Å². The molecule has 1 atom stereocenters. The number of alkyl halides is 3. The van der Waals surface area contributed by atoms with Crippen LogP contribution in [0.4, 0.5) is 28.7 Å². The van der Waals surface area contributed by atoms with E-state index in [0.717, 1.165) is 6.92 Å². The standard InChI is InChI=1S/C7H9F7O3S/c1-2-3-6(8,7(9,10)4(15)16)5(17)18(11,12,13)14/h17H,2-3H2,1H3,(H,15,16). The Labute approximate surface area is 97.3 Å². The highest BCUT2D eigenvalue weighted by atomic mass is 32.4. The van der Waals surface area contributed by atoms with Crippen molar-refractivity contribution in [1.29, 1.82) is 0 Å². The average Bonchev–Trinajstić information content (AvgIpc) is 2.13. The molecule has 1 unspecified atom stereocenters. The number of halogens is 7. The Balaban J connectivity index is 6.21. The molecule has 11 heteroatoms. The van der Waals surface area contributed by atoms with Gasteiger partial charge in [-0.3, -0.25) is 0 Å². The minimum Gasteiger partial charge on any atom is -0.477 e. The van der Waals surface area contributed by atoms with E-state index in [1.807, 2.05) is 0 Å². The molecule has 0 rings (SSSR count). The van der Waals surface area contributed by atoms with Crippen LogP contribution in [0.2, 0.25) is 0 Å². The lowest BCUT2D eigenvalue weighted by atomic mass is 9.93. The topological polar surface area (TPSA) is 57.5 Å². The molecule has 3 nitrogen and oxygen atoms in total. The molecule has 0 aliphatic heterocycles. The van der Waals surface area contributed by atoms with Crippen LogP contribution in [0.5, 0.6) is 0 Å². The Morgan fingerprint density at radius 2 is 1.50 bits per heavy atom. The summed E-state index contributed by atoms with van der Waals surface area (Å²) in [6.07, 6.45) is -2.38. The van der Waals surface area contributed by atoms with Crippen LogP contribution in [0, 0.1) is 0 Å². The number of aliphatic carboxylic acids is 1. The van der Waals surface area contributed by atoms with Crippen molar-refractivity contribution in [1.82, 2.24) is 0 Å². The van der Waals surface area contributed by atoms with Gasteiger partial charge in [0.15, 0.2) is 0 Å². The first-order valence-electron chi connectivity index (χ1n) is 4.35. The van der Waals surface area contributed by atoms with E-state index in [9.17, 15) is 33.5 Å². The number of rotatable bonds is 5. The maximum Gasteiger partial charge on any atom is 0.382 e. The molecular formula is C7H9F7O3S. The fraction of sp³-hybridized carbons (Fsp3) is 0.714. The number of carbonyl (C=O) groups is 1. The zero-order valence-corrected chi connectivity index (χ0v) is 9.59. The second kappa shape index (κ2) is 4.37. The summed E-state index contributed by atoms with van der Waals surface area (Å²) in [4.78, 5) is 10.1. The van der Waals surface area contributed by atoms with Gasteiger partial charge in [0.2, 0.25) is 10.7 Å². The highest BCUT2D eigenvalue weighted by molar-refractivity contribution is 8.31. The molecule has 18 heavy (non-hydrogen) atoms. The lowest BCUT2D eigenvalue weighted by molar-refractivity contribution is -0.183. The zero-order valence-electron chi connectivity index (χ0n) is 8.77. The van der Waals surface area contributed by atoms with Crippen molar-refractivity contribution in [2.24, 2.45) is 0 Å². The number of aliphatic hydroxyl groups is 1. The number of carboxylic acid groups (broad SMARTS) is 1. The summed E-state index contributed by atoms with van der Waals surface area (Å²) in [6.45, 7) is 0.957. The van der Waals surface area contributed by atoms with E-state index < -0.39 is 45.7 Å². The van der Waals surface area contributed by atoms with Gasteiger partial charge in [0.05, 0.1) is 0 Å². The Morgan fingerprint density at radius 3 is 1.72 bits per heavy atom. The van der Waals surface area contributed by atoms with Crippen molar-refractivity contribution in [3.05, 3.63) is 0 Å². The largest absolute Gasteiger partial charge is 0.477 e. The van der Waals surface area contributed by atoms with E-state index >= 15 is 0 Å². The molecule has 0 aliphatic rings. The maximum absolute atomic E-state index is 13.6. The van der Waals surface area contributed by atoms with E-state index in [2.05, 4.69) is 0 Å². The molecule has 0 heterocycles. The lowest BCUT2D eigenvalue weighted by Crippen LogP contribution is -2.56. The van der Waals surface area contributed by atoms with Crippen LogP contribution >= 0.6 is 10.3 Å². The van der Waals surface area contributed by atoms with Gasteiger partial charge in [-0.15, -0.1) is 15.5 Å². The van der Waals surface area contributed by atoms with E-state index in [0.29, 0.717) is 0 Å². The fourth-order valence-corrected chi connectivity index (χ4v) is 1.88. The van der Waals surface area contributed by atoms with Crippen molar-refractivity contribution in [3.63, 3.8) is 0 Å².